The lowest BCUT2D eigenvalue weighted by Crippen LogP contribution is -2.58. The molecule has 2 N–H and O–H groups in total. The van der Waals surface area contributed by atoms with Gasteiger partial charge in [0.1, 0.15) is 12.3 Å². The number of hydroxylamine groups is 2. The molecule has 2 heterocycles. The van der Waals surface area contributed by atoms with E-state index in [1.54, 1.807) is 22.9 Å². The van der Waals surface area contributed by atoms with Crippen molar-refractivity contribution in [1.82, 2.24) is 20.2 Å². The lowest BCUT2D eigenvalue weighted by Gasteiger charge is -2.40. The van der Waals surface area contributed by atoms with Crippen molar-refractivity contribution >= 4 is 24.1 Å². The van der Waals surface area contributed by atoms with Crippen LogP contribution in [-0.2, 0) is 14.4 Å². The van der Waals surface area contributed by atoms with E-state index in [0.29, 0.717) is 55.3 Å². The lowest BCUT2D eigenvalue weighted by molar-refractivity contribution is -0.156. The van der Waals surface area contributed by atoms with Crippen molar-refractivity contribution in [2.45, 2.75) is 77.8 Å². The van der Waals surface area contributed by atoms with Gasteiger partial charge in [0.05, 0.1) is 24.3 Å². The van der Waals surface area contributed by atoms with Gasteiger partial charge >= 0.3 is 0 Å². The Balaban J connectivity index is 1.64. The van der Waals surface area contributed by atoms with Gasteiger partial charge in [-0.1, -0.05) is 46.5 Å². The Bertz CT molecular complexity index is 914. The van der Waals surface area contributed by atoms with Crippen LogP contribution in [0.25, 0.3) is 0 Å². The normalized spacial score (nSPS) is 18.8. The molecule has 37 heavy (non-hydrogen) atoms. The molecule has 2 aliphatic rings. The first-order valence-electron chi connectivity index (χ1n) is 13.3. The molecule has 10 heteroatoms. The number of carbonyl (C=O) groups excluding carboxylic acids is 4. The summed E-state index contributed by atoms with van der Waals surface area (Å²) in [5.74, 6) is -0.815. The monoisotopic (exact) mass is 518 g/mol. The number of rotatable bonds is 10. The Morgan fingerprint density at radius 3 is 2.38 bits per heavy atom. The Morgan fingerprint density at radius 2 is 1.84 bits per heavy atom. The zero-order valence-electron chi connectivity index (χ0n) is 22.5. The van der Waals surface area contributed by atoms with Crippen LogP contribution >= 0.6 is 0 Å². The summed E-state index contributed by atoms with van der Waals surface area (Å²) in [5.41, 5.74) is -0.0398. The highest BCUT2D eigenvalue weighted by atomic mass is 16.5. The van der Waals surface area contributed by atoms with Crippen molar-refractivity contribution in [3.05, 3.63) is 24.2 Å². The average molecular weight is 519 g/mol. The third-order valence-corrected chi connectivity index (χ3v) is 7.81. The molecule has 1 aliphatic heterocycles. The summed E-state index contributed by atoms with van der Waals surface area (Å²) >= 11 is 0. The van der Waals surface area contributed by atoms with Crippen LogP contribution in [0.4, 0.5) is 0 Å². The van der Waals surface area contributed by atoms with E-state index in [4.69, 9.17) is 4.42 Å². The number of furan rings is 1. The molecule has 1 aliphatic carbocycles. The zero-order valence-corrected chi connectivity index (χ0v) is 22.5. The summed E-state index contributed by atoms with van der Waals surface area (Å²) in [5, 5.41) is 13.3. The number of nitrogens with zero attached hydrogens (tertiary/aromatic N) is 3. The highest BCUT2D eigenvalue weighted by Gasteiger charge is 2.39. The van der Waals surface area contributed by atoms with Crippen molar-refractivity contribution in [2.24, 2.45) is 17.3 Å². The molecular formula is C27H42N4O6. The smallest absolute Gasteiger partial charge is 0.257 e. The minimum absolute atomic E-state index is 0.0556. The number of piperidine rings is 1. The maximum Gasteiger partial charge on any atom is 0.257 e. The van der Waals surface area contributed by atoms with Crippen LogP contribution in [0.15, 0.2) is 23.0 Å². The first-order valence-corrected chi connectivity index (χ1v) is 13.3. The molecule has 0 bridgehead atoms. The molecule has 10 nitrogen and oxygen atoms in total. The molecule has 2 fully saturated rings. The van der Waals surface area contributed by atoms with Gasteiger partial charge in [-0.15, -0.1) is 0 Å². The molecule has 3 rings (SSSR count). The fourth-order valence-electron chi connectivity index (χ4n) is 5.50. The Labute approximate surface area is 219 Å². The topological polar surface area (TPSA) is 123 Å². The molecule has 206 valence electrons. The lowest BCUT2D eigenvalue weighted by atomic mass is 9.84. The van der Waals surface area contributed by atoms with Crippen molar-refractivity contribution in [2.75, 3.05) is 26.7 Å². The van der Waals surface area contributed by atoms with Crippen LogP contribution in [-0.4, -0.2) is 83.0 Å². The zero-order chi connectivity index (χ0) is 27.2. The first-order chi connectivity index (χ1) is 17.5. The summed E-state index contributed by atoms with van der Waals surface area (Å²) in [7, 11) is 1.75. The summed E-state index contributed by atoms with van der Waals surface area (Å²) in [6.07, 6.45) is 9.37. The van der Waals surface area contributed by atoms with Gasteiger partial charge in [-0.3, -0.25) is 24.4 Å². The molecule has 4 amide bonds. The fraction of sp³-hybridized carbons (Fsp3) is 0.704. The van der Waals surface area contributed by atoms with Crippen LogP contribution in [0.5, 0.6) is 0 Å². The summed E-state index contributed by atoms with van der Waals surface area (Å²) in [6.45, 7) is 6.68. The molecule has 1 saturated carbocycles. The van der Waals surface area contributed by atoms with E-state index in [2.05, 4.69) is 5.32 Å². The number of likely N-dealkylation sites (tertiary alicyclic amines) is 1. The number of hydrogen-bond donors (Lipinski definition) is 2. The third-order valence-electron chi connectivity index (χ3n) is 7.81. The molecule has 0 unspecified atom stereocenters. The molecule has 0 radical (unpaired) electrons. The second-order valence-electron chi connectivity index (χ2n) is 11.6. The van der Waals surface area contributed by atoms with Gasteiger partial charge in [0.15, 0.2) is 0 Å². The second-order valence-corrected chi connectivity index (χ2v) is 11.6. The third kappa shape index (κ3) is 7.56. The number of carbonyl (C=O) groups is 4. The molecule has 1 aromatic rings. The Kier molecular flexibility index (Phi) is 9.75. The highest BCUT2D eigenvalue weighted by molar-refractivity contribution is 5.94. The maximum atomic E-state index is 13.7. The Morgan fingerprint density at radius 1 is 1.19 bits per heavy atom. The summed E-state index contributed by atoms with van der Waals surface area (Å²) in [6, 6.07) is 0.816. The van der Waals surface area contributed by atoms with E-state index < -0.39 is 17.4 Å². The fourth-order valence-corrected chi connectivity index (χ4v) is 5.50. The van der Waals surface area contributed by atoms with Crippen molar-refractivity contribution in [3.8, 4) is 0 Å². The predicted octanol–water partition coefficient (Wildman–Crippen LogP) is 2.92. The van der Waals surface area contributed by atoms with Gasteiger partial charge in [0.25, 0.3) is 5.91 Å². The van der Waals surface area contributed by atoms with E-state index in [-0.39, 0.29) is 30.3 Å². The van der Waals surface area contributed by atoms with E-state index >= 15 is 0 Å². The minimum Gasteiger partial charge on any atom is -0.472 e. The average Bonchev–Trinajstić information content (AvgIpc) is 3.59. The van der Waals surface area contributed by atoms with Crippen LogP contribution in [0, 0.1) is 17.3 Å². The van der Waals surface area contributed by atoms with Crippen molar-refractivity contribution < 1.29 is 28.8 Å². The molecule has 1 saturated heterocycles. The van der Waals surface area contributed by atoms with Gasteiger partial charge in [-0.25, -0.2) is 5.06 Å². The van der Waals surface area contributed by atoms with E-state index in [9.17, 15) is 24.4 Å². The summed E-state index contributed by atoms with van der Waals surface area (Å²) < 4.78 is 5.02. The first kappa shape index (κ1) is 28.7. The molecule has 2 atom stereocenters. The van der Waals surface area contributed by atoms with Gasteiger partial charge in [-0.2, -0.15) is 0 Å². The van der Waals surface area contributed by atoms with E-state index in [1.165, 1.54) is 12.5 Å². The van der Waals surface area contributed by atoms with Crippen molar-refractivity contribution in [3.63, 3.8) is 0 Å². The second kappa shape index (κ2) is 12.6. The molecule has 1 aromatic heterocycles. The summed E-state index contributed by atoms with van der Waals surface area (Å²) in [4.78, 5) is 54.2. The number of nitrogens with one attached hydrogen (secondary N) is 1. The van der Waals surface area contributed by atoms with Crippen LogP contribution in [0.1, 0.15) is 76.1 Å². The SMILES string of the molecule is CN(C(=O)[C@@H](NC(=O)[C@H](CC1CCCC1)CN(O)C=O)C(C)(C)C)C1CCN(C(=O)c2ccoc2)CC1. The van der Waals surface area contributed by atoms with Crippen molar-refractivity contribution in [1.29, 1.82) is 0 Å². The standard InChI is InChI=1S/C27H42N4O6/c1-27(2,3)23(28-24(33)21(16-31(36)18-32)15-19-7-5-6-8-19)26(35)29(4)22-9-12-30(13-10-22)25(34)20-11-14-37-17-20/h11,14,17-19,21-23,36H,5-10,12-13,15-16H2,1-4H3,(H,28,33)/t21-,23-/m1/s1. The van der Waals surface area contributed by atoms with E-state index in [1.807, 2.05) is 20.8 Å². The minimum atomic E-state index is -0.773. The number of likely N-dealkylation sites (N-methyl/N-ethyl adjacent to an activating group) is 1. The van der Waals surface area contributed by atoms with Gasteiger partial charge in [0.2, 0.25) is 18.2 Å². The van der Waals surface area contributed by atoms with Gasteiger partial charge in [-0.05, 0) is 36.7 Å². The maximum absolute atomic E-state index is 13.7. The van der Waals surface area contributed by atoms with Crippen LogP contribution in [0.2, 0.25) is 0 Å². The molecule has 0 aromatic carbocycles. The molecular weight excluding hydrogens is 476 g/mol. The number of amides is 4. The van der Waals surface area contributed by atoms with Gasteiger partial charge in [0, 0.05) is 26.2 Å². The van der Waals surface area contributed by atoms with Crippen LogP contribution in [0.3, 0.4) is 0 Å². The van der Waals surface area contributed by atoms with Gasteiger partial charge < -0.3 is 19.5 Å². The predicted molar refractivity (Wildman–Crippen MR) is 136 cm³/mol. The molecule has 0 spiro atoms. The largest absolute Gasteiger partial charge is 0.472 e. The number of hydrogen-bond acceptors (Lipinski definition) is 6. The highest BCUT2D eigenvalue weighted by Crippen LogP contribution is 2.31. The quantitative estimate of drug-likeness (QED) is 0.279. The Hall–Kier alpha value is -2.88. The van der Waals surface area contributed by atoms with Crippen LogP contribution < -0.4 is 5.32 Å². The van der Waals surface area contributed by atoms with E-state index in [0.717, 1.165) is 25.7 Å².